The van der Waals surface area contributed by atoms with Gasteiger partial charge in [-0.1, -0.05) is 0 Å². The molecule has 5 nitrogen and oxygen atoms in total. The Balaban J connectivity index is 1.97. The molecule has 1 aromatic carbocycles. The number of rotatable bonds is 1. The van der Waals surface area contributed by atoms with Gasteiger partial charge in [-0.2, -0.15) is 0 Å². The van der Waals surface area contributed by atoms with Gasteiger partial charge in [0.15, 0.2) is 0 Å². The van der Waals surface area contributed by atoms with Gasteiger partial charge in [-0.15, -0.1) is 0 Å². The Morgan fingerprint density at radius 1 is 1.48 bits per heavy atom. The van der Waals surface area contributed by atoms with Crippen molar-refractivity contribution < 1.29 is 14.0 Å². The maximum atomic E-state index is 13.7. The number of nitrogens with one attached hydrogen (secondary N) is 1. The molecule has 0 radical (unpaired) electrons. The quantitative estimate of drug-likeness (QED) is 0.808. The minimum atomic E-state index is -1.12. The van der Waals surface area contributed by atoms with Crippen LogP contribution in [-0.2, 0) is 15.1 Å². The van der Waals surface area contributed by atoms with E-state index < -0.39 is 23.2 Å². The first kappa shape index (κ1) is 12.8. The van der Waals surface area contributed by atoms with Crippen LogP contribution in [0.15, 0.2) is 18.2 Å². The number of nitrogens with zero attached hydrogens (tertiary/aromatic N) is 1. The van der Waals surface area contributed by atoms with Gasteiger partial charge < -0.3 is 11.1 Å². The van der Waals surface area contributed by atoms with Gasteiger partial charge in [0.05, 0.1) is 5.92 Å². The van der Waals surface area contributed by atoms with Crippen molar-refractivity contribution >= 4 is 17.5 Å². The molecule has 1 spiro atoms. The highest BCUT2D eigenvalue weighted by molar-refractivity contribution is 6.09. The summed E-state index contributed by atoms with van der Waals surface area (Å²) >= 11 is 0. The zero-order valence-electron chi connectivity index (χ0n) is 11.4. The first-order valence-corrected chi connectivity index (χ1v) is 7.22. The second-order valence-electron chi connectivity index (χ2n) is 6.09. The molecule has 4 rings (SSSR count). The Bertz CT molecular complexity index is 662. The summed E-state index contributed by atoms with van der Waals surface area (Å²) in [5.41, 5.74) is 5.59. The Morgan fingerprint density at radius 3 is 3.05 bits per heavy atom. The van der Waals surface area contributed by atoms with E-state index >= 15 is 0 Å². The average molecular weight is 289 g/mol. The average Bonchev–Trinajstić information content (AvgIpc) is 3.06. The third kappa shape index (κ3) is 1.43. The number of benzene rings is 1. The largest absolute Gasteiger partial charge is 0.369 e. The van der Waals surface area contributed by atoms with Gasteiger partial charge in [-0.05, 0) is 44.0 Å². The summed E-state index contributed by atoms with van der Waals surface area (Å²) in [6.45, 7) is 0.734. The Kier molecular flexibility index (Phi) is 2.45. The maximum absolute atomic E-state index is 13.7. The number of hydrogen-bond acceptors (Lipinski definition) is 3. The van der Waals surface area contributed by atoms with E-state index in [1.807, 2.05) is 0 Å². The van der Waals surface area contributed by atoms with Crippen molar-refractivity contribution in [2.75, 3.05) is 11.9 Å². The van der Waals surface area contributed by atoms with E-state index in [1.54, 1.807) is 6.07 Å². The number of nitrogens with two attached hydrogens (primary N) is 1. The van der Waals surface area contributed by atoms with Crippen LogP contribution in [0.3, 0.4) is 0 Å². The number of carbonyl (C=O) groups is 2. The molecule has 0 aromatic heterocycles. The summed E-state index contributed by atoms with van der Waals surface area (Å²) in [6, 6.07) is 4.40. The van der Waals surface area contributed by atoms with Crippen LogP contribution in [0.25, 0.3) is 0 Å². The molecule has 6 heteroatoms. The van der Waals surface area contributed by atoms with E-state index in [9.17, 15) is 14.0 Å². The molecule has 2 saturated heterocycles. The second kappa shape index (κ2) is 4.04. The SMILES string of the molecule is NC(=O)[C@@H]1C[C@@H]2CCCN2[C@@]12C(=O)Nc1ccc(F)cc12. The Labute approximate surface area is 121 Å². The van der Waals surface area contributed by atoms with Crippen molar-refractivity contribution in [2.24, 2.45) is 11.7 Å². The minimum Gasteiger partial charge on any atom is -0.369 e. The van der Waals surface area contributed by atoms with Gasteiger partial charge in [-0.3, -0.25) is 14.5 Å². The lowest BCUT2D eigenvalue weighted by atomic mass is 9.78. The van der Waals surface area contributed by atoms with Crippen LogP contribution in [0.5, 0.6) is 0 Å². The molecule has 3 aliphatic heterocycles. The number of carbonyl (C=O) groups excluding carboxylic acids is 2. The van der Waals surface area contributed by atoms with Gasteiger partial charge in [-0.25, -0.2) is 4.39 Å². The minimum absolute atomic E-state index is 0.169. The topological polar surface area (TPSA) is 75.4 Å². The molecule has 0 saturated carbocycles. The van der Waals surface area contributed by atoms with Crippen LogP contribution in [0.2, 0.25) is 0 Å². The monoisotopic (exact) mass is 289 g/mol. The molecule has 0 aliphatic carbocycles. The standard InChI is InChI=1S/C15H16FN3O2/c16-8-3-4-12-10(6-8)15(14(21)18-12)11(13(17)20)7-9-2-1-5-19(9)15/h3-4,6,9,11H,1-2,5,7H2,(H2,17,20)(H,18,21)/t9-,11-,15+/m0/s1. The summed E-state index contributed by atoms with van der Waals surface area (Å²) in [5, 5.41) is 2.80. The van der Waals surface area contributed by atoms with Crippen LogP contribution in [0.1, 0.15) is 24.8 Å². The molecule has 3 heterocycles. The van der Waals surface area contributed by atoms with Crippen molar-refractivity contribution in [3.8, 4) is 0 Å². The molecule has 3 aliphatic rings. The third-order valence-electron chi connectivity index (χ3n) is 5.17. The van der Waals surface area contributed by atoms with E-state index in [2.05, 4.69) is 10.2 Å². The molecular weight excluding hydrogens is 273 g/mol. The van der Waals surface area contributed by atoms with Crippen LogP contribution in [0, 0.1) is 11.7 Å². The number of halogens is 1. The van der Waals surface area contributed by atoms with Gasteiger partial charge >= 0.3 is 0 Å². The zero-order valence-corrected chi connectivity index (χ0v) is 11.4. The highest BCUT2D eigenvalue weighted by Gasteiger charge is 2.65. The normalized spacial score (nSPS) is 34.0. The molecule has 3 N–H and O–H groups in total. The van der Waals surface area contributed by atoms with Crippen molar-refractivity contribution in [1.82, 2.24) is 4.90 Å². The van der Waals surface area contributed by atoms with E-state index in [1.165, 1.54) is 12.1 Å². The van der Waals surface area contributed by atoms with Crippen molar-refractivity contribution in [3.63, 3.8) is 0 Å². The molecule has 1 aromatic rings. The summed E-state index contributed by atoms with van der Waals surface area (Å²) in [6.07, 6.45) is 2.50. The number of primary amides is 1. The van der Waals surface area contributed by atoms with Crippen molar-refractivity contribution in [3.05, 3.63) is 29.6 Å². The predicted octanol–water partition coefficient (Wildman–Crippen LogP) is 0.943. The first-order chi connectivity index (χ1) is 10.0. The van der Waals surface area contributed by atoms with Crippen LogP contribution < -0.4 is 11.1 Å². The van der Waals surface area contributed by atoms with Gasteiger partial charge in [0, 0.05) is 17.3 Å². The number of hydrogen-bond donors (Lipinski definition) is 2. The van der Waals surface area contributed by atoms with Gasteiger partial charge in [0.25, 0.3) is 0 Å². The molecule has 110 valence electrons. The number of fused-ring (bicyclic) bond motifs is 4. The molecule has 2 fully saturated rings. The van der Waals surface area contributed by atoms with E-state index in [4.69, 9.17) is 5.73 Å². The highest BCUT2D eigenvalue weighted by Crippen LogP contribution is 2.55. The molecule has 0 bridgehead atoms. The van der Waals surface area contributed by atoms with Gasteiger partial charge in [0.2, 0.25) is 11.8 Å². The lowest BCUT2D eigenvalue weighted by molar-refractivity contribution is -0.135. The number of amides is 2. The summed E-state index contributed by atoms with van der Waals surface area (Å²) in [7, 11) is 0. The maximum Gasteiger partial charge on any atom is 0.250 e. The van der Waals surface area contributed by atoms with Crippen LogP contribution >= 0.6 is 0 Å². The van der Waals surface area contributed by atoms with E-state index in [0.29, 0.717) is 17.7 Å². The highest BCUT2D eigenvalue weighted by atomic mass is 19.1. The van der Waals surface area contributed by atoms with E-state index in [0.717, 1.165) is 19.4 Å². The smallest absolute Gasteiger partial charge is 0.250 e. The lowest BCUT2D eigenvalue weighted by Crippen LogP contribution is -2.53. The molecular formula is C15H16FN3O2. The lowest BCUT2D eigenvalue weighted by Gasteiger charge is -2.35. The second-order valence-corrected chi connectivity index (χ2v) is 6.09. The Morgan fingerprint density at radius 2 is 2.29 bits per heavy atom. The predicted molar refractivity (Wildman–Crippen MR) is 73.7 cm³/mol. The molecule has 2 amide bonds. The Hall–Kier alpha value is -1.95. The fourth-order valence-electron chi connectivity index (χ4n) is 4.42. The molecule has 21 heavy (non-hydrogen) atoms. The summed E-state index contributed by atoms with van der Waals surface area (Å²) in [5.74, 6) is -1.76. The zero-order chi connectivity index (χ0) is 14.8. The summed E-state index contributed by atoms with van der Waals surface area (Å²) in [4.78, 5) is 26.8. The fourth-order valence-corrected chi connectivity index (χ4v) is 4.42. The molecule has 3 atom stereocenters. The number of anilines is 1. The van der Waals surface area contributed by atoms with Crippen LogP contribution in [-0.4, -0.2) is 29.3 Å². The molecule has 0 unspecified atom stereocenters. The summed E-state index contributed by atoms with van der Waals surface area (Å²) < 4.78 is 13.7. The van der Waals surface area contributed by atoms with Crippen molar-refractivity contribution in [1.29, 1.82) is 0 Å². The van der Waals surface area contributed by atoms with Crippen molar-refractivity contribution in [2.45, 2.75) is 30.8 Å². The van der Waals surface area contributed by atoms with E-state index in [-0.39, 0.29) is 11.9 Å². The first-order valence-electron chi connectivity index (χ1n) is 7.22. The van der Waals surface area contributed by atoms with Crippen LogP contribution in [0.4, 0.5) is 10.1 Å². The fraction of sp³-hybridized carbons (Fsp3) is 0.467. The van der Waals surface area contributed by atoms with Gasteiger partial charge in [0.1, 0.15) is 11.4 Å². The third-order valence-corrected chi connectivity index (χ3v) is 5.17.